The SMILES string of the molecule is COC(=O)Cc1ccc(OC2CCN(CC(O)(c3cn(Cc4ccccc4)c4cc([N+](=O)[O-])ccc34)C(F)(F)F)CC2)cc1. The molecule has 0 spiro atoms. The van der Waals surface area contributed by atoms with Crippen molar-refractivity contribution in [2.75, 3.05) is 26.7 Å². The molecule has 2 heterocycles. The van der Waals surface area contributed by atoms with Crippen molar-refractivity contribution in [2.45, 2.75) is 43.7 Å². The summed E-state index contributed by atoms with van der Waals surface area (Å²) >= 11 is 0. The Hall–Kier alpha value is -4.42. The van der Waals surface area contributed by atoms with Gasteiger partial charge in [-0.25, -0.2) is 0 Å². The molecule has 1 saturated heterocycles. The molecule has 0 saturated carbocycles. The van der Waals surface area contributed by atoms with Gasteiger partial charge in [0.1, 0.15) is 11.9 Å². The molecular weight excluding hydrogens is 579 g/mol. The fourth-order valence-electron chi connectivity index (χ4n) is 5.59. The molecule has 0 aliphatic carbocycles. The van der Waals surface area contributed by atoms with E-state index in [1.54, 1.807) is 41.3 Å². The standard InChI is InChI=1S/C32H32F3N3O6/c1-43-30(39)17-22-7-10-25(11-8-22)44-26-13-15-36(16-14-26)21-31(40,32(33,34)35)28-20-37(19-23-5-3-2-4-6-23)29-18-24(38(41)42)9-12-27(28)29/h2-12,18,20,26,40H,13-17,19,21H2,1H3. The number of methoxy groups -OCH3 is 1. The molecule has 1 aliphatic heterocycles. The molecule has 1 atom stereocenters. The van der Waals surface area contributed by atoms with Crippen molar-refractivity contribution in [1.82, 2.24) is 9.47 Å². The molecule has 9 nitrogen and oxygen atoms in total. The number of hydrogen-bond acceptors (Lipinski definition) is 7. The summed E-state index contributed by atoms with van der Waals surface area (Å²) in [4.78, 5) is 23.9. The van der Waals surface area contributed by atoms with Crippen LogP contribution < -0.4 is 4.74 Å². The topological polar surface area (TPSA) is 107 Å². The Balaban J connectivity index is 1.35. The molecule has 1 aliphatic rings. The van der Waals surface area contributed by atoms with Crippen molar-refractivity contribution < 1.29 is 37.5 Å². The van der Waals surface area contributed by atoms with E-state index in [2.05, 4.69) is 4.74 Å². The fraction of sp³-hybridized carbons (Fsp3) is 0.344. The number of likely N-dealkylation sites (tertiary alicyclic amines) is 1. The van der Waals surface area contributed by atoms with Gasteiger partial charge in [0.05, 0.1) is 24.0 Å². The van der Waals surface area contributed by atoms with Crippen molar-refractivity contribution >= 4 is 22.6 Å². The number of esters is 1. The maximum atomic E-state index is 14.8. The van der Waals surface area contributed by atoms with E-state index >= 15 is 0 Å². The second-order valence-electron chi connectivity index (χ2n) is 11.0. The first kappa shape index (κ1) is 31.0. The number of nitrogens with zero attached hydrogens (tertiary/aromatic N) is 3. The van der Waals surface area contributed by atoms with E-state index in [1.807, 2.05) is 18.2 Å². The molecular formula is C32H32F3N3O6. The van der Waals surface area contributed by atoms with Crippen LogP contribution in [0.3, 0.4) is 0 Å². The number of benzene rings is 3. The molecule has 0 radical (unpaired) electrons. The largest absolute Gasteiger partial charge is 0.490 e. The van der Waals surface area contributed by atoms with Gasteiger partial charge in [0.25, 0.3) is 5.69 Å². The van der Waals surface area contributed by atoms with Crippen molar-refractivity contribution in [3.8, 4) is 5.75 Å². The highest BCUT2D eigenvalue weighted by Crippen LogP contribution is 2.44. The molecule has 1 fully saturated rings. The van der Waals surface area contributed by atoms with Crippen LogP contribution in [0.25, 0.3) is 10.9 Å². The van der Waals surface area contributed by atoms with Gasteiger partial charge in [-0.3, -0.25) is 19.8 Å². The highest BCUT2D eigenvalue weighted by molar-refractivity contribution is 5.87. The third-order valence-corrected chi connectivity index (χ3v) is 7.98. The number of nitro groups is 1. The van der Waals surface area contributed by atoms with Crippen LogP contribution in [0, 0.1) is 10.1 Å². The number of nitro benzene ring substituents is 1. The number of halogens is 3. The predicted molar refractivity (Wildman–Crippen MR) is 156 cm³/mol. The number of ether oxygens (including phenoxy) is 2. The quantitative estimate of drug-likeness (QED) is 0.141. The van der Waals surface area contributed by atoms with E-state index in [9.17, 15) is 33.2 Å². The number of carbonyl (C=O) groups is 1. The molecule has 1 aromatic heterocycles. The van der Waals surface area contributed by atoms with Crippen LogP contribution in [0.15, 0.2) is 79.0 Å². The van der Waals surface area contributed by atoms with Crippen molar-refractivity contribution in [3.05, 3.63) is 106 Å². The molecule has 12 heteroatoms. The van der Waals surface area contributed by atoms with Gasteiger partial charge in [-0.2, -0.15) is 13.2 Å². The lowest BCUT2D eigenvalue weighted by molar-refractivity contribution is -0.384. The Labute approximate surface area is 251 Å². The summed E-state index contributed by atoms with van der Waals surface area (Å²) in [5.41, 5.74) is -2.05. The summed E-state index contributed by atoms with van der Waals surface area (Å²) in [6.45, 7) is -0.0129. The second-order valence-corrected chi connectivity index (χ2v) is 11.0. The zero-order valence-corrected chi connectivity index (χ0v) is 24.0. The maximum absolute atomic E-state index is 14.8. The summed E-state index contributed by atoms with van der Waals surface area (Å²) in [6, 6.07) is 19.7. The van der Waals surface area contributed by atoms with Gasteiger partial charge < -0.3 is 19.1 Å². The van der Waals surface area contributed by atoms with E-state index in [4.69, 9.17) is 4.74 Å². The number of alkyl halides is 3. The Bertz CT molecular complexity index is 1620. The molecule has 1 unspecified atom stereocenters. The molecule has 232 valence electrons. The number of piperidine rings is 1. The van der Waals surface area contributed by atoms with Gasteiger partial charge in [-0.1, -0.05) is 42.5 Å². The van der Waals surface area contributed by atoms with Crippen LogP contribution in [-0.4, -0.2) is 64.5 Å². The molecule has 0 amide bonds. The highest BCUT2D eigenvalue weighted by Gasteiger charge is 2.57. The maximum Gasteiger partial charge on any atom is 0.422 e. The fourth-order valence-corrected chi connectivity index (χ4v) is 5.59. The third-order valence-electron chi connectivity index (χ3n) is 7.98. The van der Waals surface area contributed by atoms with Gasteiger partial charge in [-0.15, -0.1) is 0 Å². The molecule has 5 rings (SSSR count). The number of aliphatic hydroxyl groups is 1. The van der Waals surface area contributed by atoms with Crippen LogP contribution in [0.2, 0.25) is 0 Å². The third kappa shape index (κ3) is 6.71. The average molecular weight is 612 g/mol. The normalized spacial score (nSPS) is 16.0. The van der Waals surface area contributed by atoms with Gasteiger partial charge in [-0.05, 0) is 42.2 Å². The molecule has 1 N–H and O–H groups in total. The van der Waals surface area contributed by atoms with Crippen LogP contribution >= 0.6 is 0 Å². The van der Waals surface area contributed by atoms with E-state index in [-0.39, 0.29) is 60.3 Å². The Morgan fingerprint density at radius 2 is 1.70 bits per heavy atom. The lowest BCUT2D eigenvalue weighted by atomic mass is 9.91. The van der Waals surface area contributed by atoms with E-state index in [0.717, 1.165) is 17.2 Å². The number of hydrogen-bond donors (Lipinski definition) is 1. The second kappa shape index (κ2) is 12.7. The Morgan fingerprint density at radius 3 is 2.32 bits per heavy atom. The van der Waals surface area contributed by atoms with E-state index < -0.39 is 23.2 Å². The zero-order valence-electron chi connectivity index (χ0n) is 24.0. The number of fused-ring (bicyclic) bond motifs is 1. The first-order chi connectivity index (χ1) is 21.0. The first-order valence-corrected chi connectivity index (χ1v) is 14.1. The van der Waals surface area contributed by atoms with Crippen LogP contribution in [0.4, 0.5) is 18.9 Å². The van der Waals surface area contributed by atoms with Crippen LogP contribution in [-0.2, 0) is 28.1 Å². The monoisotopic (exact) mass is 611 g/mol. The summed E-state index contributed by atoms with van der Waals surface area (Å²) in [6.07, 6.45) is -2.97. The van der Waals surface area contributed by atoms with Gasteiger partial charge in [0.2, 0.25) is 5.60 Å². The highest BCUT2D eigenvalue weighted by atomic mass is 19.4. The summed E-state index contributed by atoms with van der Waals surface area (Å²) in [5, 5.41) is 23.0. The lowest BCUT2D eigenvalue weighted by Gasteiger charge is -2.39. The van der Waals surface area contributed by atoms with Crippen molar-refractivity contribution in [1.29, 1.82) is 0 Å². The van der Waals surface area contributed by atoms with Gasteiger partial charge >= 0.3 is 12.1 Å². The minimum Gasteiger partial charge on any atom is -0.490 e. The minimum atomic E-state index is -5.03. The zero-order chi connectivity index (χ0) is 31.5. The van der Waals surface area contributed by atoms with E-state index in [0.29, 0.717) is 18.6 Å². The van der Waals surface area contributed by atoms with Gasteiger partial charge in [0.15, 0.2) is 0 Å². The van der Waals surface area contributed by atoms with Crippen LogP contribution in [0.1, 0.15) is 29.5 Å². The summed E-state index contributed by atoms with van der Waals surface area (Å²) in [5.74, 6) is 0.233. The number of aromatic nitrogens is 1. The first-order valence-electron chi connectivity index (χ1n) is 14.1. The molecule has 44 heavy (non-hydrogen) atoms. The predicted octanol–water partition coefficient (Wildman–Crippen LogP) is 5.61. The number of rotatable bonds is 10. The number of non-ortho nitro benzene ring substituents is 1. The number of β-amino-alcohol motifs (C(OH)–C–C–N with tert-alkyl or cyclic N) is 1. The minimum absolute atomic E-state index is 0.0974. The average Bonchev–Trinajstić information content (AvgIpc) is 3.37. The van der Waals surface area contributed by atoms with Crippen LogP contribution in [0.5, 0.6) is 5.75 Å². The van der Waals surface area contributed by atoms with Crippen molar-refractivity contribution in [3.63, 3.8) is 0 Å². The molecule has 3 aromatic carbocycles. The molecule has 4 aromatic rings. The van der Waals surface area contributed by atoms with E-state index in [1.165, 1.54) is 30.0 Å². The summed E-state index contributed by atoms with van der Waals surface area (Å²) in [7, 11) is 1.32. The summed E-state index contributed by atoms with van der Waals surface area (Å²) < 4.78 is 56.5. The Kier molecular flexibility index (Phi) is 8.93. The Morgan fingerprint density at radius 1 is 1.02 bits per heavy atom. The lowest BCUT2D eigenvalue weighted by Crippen LogP contribution is -2.53. The van der Waals surface area contributed by atoms with Crippen molar-refractivity contribution in [2.24, 2.45) is 0 Å². The van der Waals surface area contributed by atoms with Gasteiger partial charge in [0, 0.05) is 55.5 Å². The molecule has 0 bridgehead atoms. The number of carbonyl (C=O) groups excluding carboxylic acids is 1. The smallest absolute Gasteiger partial charge is 0.422 e.